The highest BCUT2D eigenvalue weighted by Gasteiger charge is 2.17. The van der Waals surface area contributed by atoms with Gasteiger partial charge in [0, 0.05) is 17.3 Å². The van der Waals surface area contributed by atoms with Crippen LogP contribution in [0.2, 0.25) is 0 Å². The lowest BCUT2D eigenvalue weighted by atomic mass is 10.0. The molecular weight excluding hydrogens is 390 g/mol. The van der Waals surface area contributed by atoms with Gasteiger partial charge in [-0.3, -0.25) is 5.10 Å². The number of allylic oxidation sites excluding steroid dienone is 1. The Kier molecular flexibility index (Phi) is 5.20. The first-order chi connectivity index (χ1) is 15.1. The van der Waals surface area contributed by atoms with Gasteiger partial charge in [0.1, 0.15) is 23.5 Å². The smallest absolute Gasteiger partial charge is 0.163 e. The van der Waals surface area contributed by atoms with Crippen LogP contribution in [0.1, 0.15) is 16.8 Å². The van der Waals surface area contributed by atoms with Crippen LogP contribution in [-0.2, 0) is 0 Å². The van der Waals surface area contributed by atoms with E-state index in [1.165, 1.54) is 0 Å². The number of nitrogen functional groups attached to an aromatic ring is 1. The summed E-state index contributed by atoms with van der Waals surface area (Å²) in [6.45, 7) is 0. The zero-order chi connectivity index (χ0) is 21.8. The quantitative estimate of drug-likeness (QED) is 0.484. The van der Waals surface area contributed by atoms with Crippen molar-refractivity contribution in [2.24, 2.45) is 0 Å². The summed E-state index contributed by atoms with van der Waals surface area (Å²) in [5.74, 6) is 0.779. The minimum absolute atomic E-state index is 0.0500. The van der Waals surface area contributed by atoms with Gasteiger partial charge in [-0.15, -0.1) is 0 Å². The Balaban J connectivity index is 1.89. The molecule has 0 atom stereocenters. The second-order valence-electron chi connectivity index (χ2n) is 6.58. The Morgan fingerprint density at radius 1 is 1.13 bits per heavy atom. The molecule has 0 aliphatic heterocycles. The van der Waals surface area contributed by atoms with Gasteiger partial charge in [-0.1, -0.05) is 18.2 Å². The number of anilines is 1. The molecule has 8 heteroatoms. The molecule has 3 N–H and O–H groups in total. The predicted octanol–water partition coefficient (Wildman–Crippen LogP) is 3.79. The van der Waals surface area contributed by atoms with Crippen LogP contribution in [0, 0.1) is 22.7 Å². The summed E-state index contributed by atoms with van der Waals surface area (Å²) < 4.78 is 6.99. The molecule has 0 bridgehead atoms. The molecule has 4 rings (SSSR count). The SMILES string of the molecule is COc1ccc(-c2nn(-c3ccccc3)cc2/C=C(\C#N)c2[nH]nc(N)c2C#N)cc1. The predicted molar refractivity (Wildman–Crippen MR) is 117 cm³/mol. The van der Waals surface area contributed by atoms with Gasteiger partial charge in [-0.25, -0.2) is 4.68 Å². The number of nitrogens with two attached hydrogens (primary N) is 1. The molecule has 0 radical (unpaired) electrons. The second kappa shape index (κ2) is 8.27. The number of nitrogens with one attached hydrogen (secondary N) is 1. The van der Waals surface area contributed by atoms with Gasteiger partial charge < -0.3 is 10.5 Å². The number of H-pyrrole nitrogens is 1. The van der Waals surface area contributed by atoms with E-state index in [2.05, 4.69) is 16.3 Å². The lowest BCUT2D eigenvalue weighted by Gasteiger charge is -2.03. The van der Waals surface area contributed by atoms with E-state index in [1.807, 2.05) is 66.9 Å². The molecule has 8 nitrogen and oxygen atoms in total. The van der Waals surface area contributed by atoms with E-state index in [9.17, 15) is 10.5 Å². The van der Waals surface area contributed by atoms with Crippen molar-refractivity contribution < 1.29 is 4.74 Å². The topological polar surface area (TPSA) is 129 Å². The van der Waals surface area contributed by atoms with Crippen LogP contribution < -0.4 is 10.5 Å². The number of para-hydroxylation sites is 1. The van der Waals surface area contributed by atoms with Crippen molar-refractivity contribution in [3.05, 3.63) is 77.6 Å². The van der Waals surface area contributed by atoms with Crippen molar-refractivity contribution in [3.8, 4) is 34.8 Å². The average molecular weight is 407 g/mol. The molecule has 0 fully saturated rings. The van der Waals surface area contributed by atoms with E-state index < -0.39 is 0 Å². The first-order valence-corrected chi connectivity index (χ1v) is 9.30. The highest BCUT2D eigenvalue weighted by atomic mass is 16.5. The van der Waals surface area contributed by atoms with Gasteiger partial charge in [0.2, 0.25) is 0 Å². The van der Waals surface area contributed by atoms with Gasteiger partial charge >= 0.3 is 0 Å². The van der Waals surface area contributed by atoms with Crippen molar-refractivity contribution >= 4 is 17.5 Å². The molecule has 4 aromatic rings. The Morgan fingerprint density at radius 2 is 1.87 bits per heavy atom. The molecule has 150 valence electrons. The molecule has 0 spiro atoms. The number of hydrogen-bond donors (Lipinski definition) is 2. The number of rotatable bonds is 5. The zero-order valence-electron chi connectivity index (χ0n) is 16.6. The summed E-state index contributed by atoms with van der Waals surface area (Å²) in [6.07, 6.45) is 3.50. The van der Waals surface area contributed by atoms with Crippen molar-refractivity contribution in [2.45, 2.75) is 0 Å². The molecule has 0 aliphatic carbocycles. The van der Waals surface area contributed by atoms with Crippen molar-refractivity contribution in [3.63, 3.8) is 0 Å². The molecule has 0 saturated carbocycles. The van der Waals surface area contributed by atoms with E-state index in [-0.39, 0.29) is 22.6 Å². The Bertz CT molecular complexity index is 1330. The van der Waals surface area contributed by atoms with Crippen LogP contribution in [0.15, 0.2) is 60.8 Å². The summed E-state index contributed by atoms with van der Waals surface area (Å²) in [6, 6.07) is 21.3. The monoisotopic (exact) mass is 407 g/mol. The third kappa shape index (κ3) is 3.74. The lowest BCUT2D eigenvalue weighted by Crippen LogP contribution is -1.94. The number of nitrogens with zero attached hydrogens (tertiary/aromatic N) is 5. The Hall–Kier alpha value is -4.82. The van der Waals surface area contributed by atoms with Gasteiger partial charge in [-0.2, -0.15) is 20.7 Å². The van der Waals surface area contributed by atoms with E-state index in [0.29, 0.717) is 11.3 Å². The number of benzene rings is 2. The highest BCUT2D eigenvalue weighted by molar-refractivity contribution is 5.93. The molecule has 2 heterocycles. The molecule has 0 saturated heterocycles. The van der Waals surface area contributed by atoms with Crippen LogP contribution in [0.3, 0.4) is 0 Å². The van der Waals surface area contributed by atoms with E-state index in [1.54, 1.807) is 17.9 Å². The maximum absolute atomic E-state index is 9.76. The standard InChI is InChI=1S/C23H17N7O/c1-31-19-9-7-15(8-10-19)21-17(14-30(29-21)18-5-3-2-4-6-18)11-16(12-24)22-20(13-25)23(26)28-27-22/h2-11,14H,1H3,(H3,26,27,28)/b16-11+. The molecule has 0 amide bonds. The maximum atomic E-state index is 9.76. The fourth-order valence-electron chi connectivity index (χ4n) is 3.16. The van der Waals surface area contributed by atoms with Gasteiger partial charge in [-0.05, 0) is 42.5 Å². The number of ether oxygens (including phenoxy) is 1. The van der Waals surface area contributed by atoms with Crippen LogP contribution in [0.25, 0.3) is 28.6 Å². The minimum atomic E-state index is 0.0500. The van der Waals surface area contributed by atoms with E-state index in [0.717, 1.165) is 17.0 Å². The fourth-order valence-corrected chi connectivity index (χ4v) is 3.16. The lowest BCUT2D eigenvalue weighted by molar-refractivity contribution is 0.415. The number of aromatic amines is 1. The average Bonchev–Trinajstić information content (AvgIpc) is 3.41. The van der Waals surface area contributed by atoms with E-state index >= 15 is 0 Å². The van der Waals surface area contributed by atoms with Crippen LogP contribution in [0.5, 0.6) is 5.75 Å². The number of aromatic nitrogens is 4. The summed E-state index contributed by atoms with van der Waals surface area (Å²) in [7, 11) is 1.61. The minimum Gasteiger partial charge on any atom is -0.497 e. The van der Waals surface area contributed by atoms with Gasteiger partial charge in [0.15, 0.2) is 5.82 Å². The summed E-state index contributed by atoms with van der Waals surface area (Å²) in [4.78, 5) is 0. The largest absolute Gasteiger partial charge is 0.497 e. The van der Waals surface area contributed by atoms with E-state index in [4.69, 9.17) is 15.6 Å². The van der Waals surface area contributed by atoms with Crippen molar-refractivity contribution in [1.82, 2.24) is 20.0 Å². The van der Waals surface area contributed by atoms with Crippen LogP contribution in [-0.4, -0.2) is 27.1 Å². The summed E-state index contributed by atoms with van der Waals surface area (Å²) in [5, 5.41) is 30.4. The number of hydrogen-bond acceptors (Lipinski definition) is 6. The van der Waals surface area contributed by atoms with Crippen molar-refractivity contribution in [2.75, 3.05) is 12.8 Å². The Labute approximate surface area is 178 Å². The Morgan fingerprint density at radius 3 is 2.52 bits per heavy atom. The third-order valence-corrected chi connectivity index (χ3v) is 4.72. The summed E-state index contributed by atoms with van der Waals surface area (Å²) in [5.41, 5.74) is 9.46. The van der Waals surface area contributed by atoms with Crippen LogP contribution in [0.4, 0.5) is 5.82 Å². The van der Waals surface area contributed by atoms with Gasteiger partial charge in [0.25, 0.3) is 0 Å². The van der Waals surface area contributed by atoms with Crippen LogP contribution >= 0.6 is 0 Å². The zero-order valence-corrected chi connectivity index (χ0v) is 16.6. The third-order valence-electron chi connectivity index (χ3n) is 4.72. The normalized spacial score (nSPS) is 11.0. The summed E-state index contributed by atoms with van der Waals surface area (Å²) >= 11 is 0. The first kappa shape index (κ1) is 19.5. The van der Waals surface area contributed by atoms with Crippen molar-refractivity contribution in [1.29, 1.82) is 10.5 Å². The molecule has 2 aromatic carbocycles. The molecule has 2 aromatic heterocycles. The fraction of sp³-hybridized carbons (Fsp3) is 0.0435. The van der Waals surface area contributed by atoms with Gasteiger partial charge in [0.05, 0.1) is 29.8 Å². The highest BCUT2D eigenvalue weighted by Crippen LogP contribution is 2.30. The number of nitriles is 2. The molecule has 0 aliphatic rings. The number of methoxy groups -OCH3 is 1. The molecule has 0 unspecified atom stereocenters. The second-order valence-corrected chi connectivity index (χ2v) is 6.58. The maximum Gasteiger partial charge on any atom is 0.163 e. The first-order valence-electron chi connectivity index (χ1n) is 9.30. The molecular formula is C23H17N7O. The molecule has 31 heavy (non-hydrogen) atoms.